The van der Waals surface area contributed by atoms with E-state index in [-0.39, 0.29) is 11.1 Å². The summed E-state index contributed by atoms with van der Waals surface area (Å²) in [7, 11) is -2.84. The maximum atomic E-state index is 12.7. The lowest BCUT2D eigenvalue weighted by atomic mass is 10.2. The first-order valence-electron chi connectivity index (χ1n) is 6.52. The smallest absolute Gasteiger partial charge is 0.260 e. The lowest BCUT2D eigenvalue weighted by Crippen LogP contribution is -2.40. The molecule has 1 aliphatic heterocycles. The highest BCUT2D eigenvalue weighted by atomic mass is 32.2. The van der Waals surface area contributed by atoms with E-state index in [1.807, 2.05) is 0 Å². The predicted octanol–water partition coefficient (Wildman–Crippen LogP) is 0.627. The van der Waals surface area contributed by atoms with Crippen molar-refractivity contribution in [3.63, 3.8) is 0 Å². The summed E-state index contributed by atoms with van der Waals surface area (Å²) in [5.74, 6) is 1.44. The van der Waals surface area contributed by atoms with Gasteiger partial charge in [0.05, 0.1) is 0 Å². The van der Waals surface area contributed by atoms with E-state index in [1.165, 1.54) is 11.3 Å². The molecule has 0 aliphatic carbocycles. The zero-order valence-corrected chi connectivity index (χ0v) is 13.9. The average molecular weight is 348 g/mol. The van der Waals surface area contributed by atoms with Crippen LogP contribution >= 0.6 is 11.3 Å². The topological polar surface area (TPSA) is 92.6 Å². The molecule has 0 saturated carbocycles. The molecule has 1 saturated heterocycles. The van der Waals surface area contributed by atoms with Gasteiger partial charge >= 0.3 is 0 Å². The van der Waals surface area contributed by atoms with Gasteiger partial charge < -0.3 is 5.32 Å². The van der Waals surface area contributed by atoms with Crippen LogP contribution in [0.3, 0.4) is 0 Å². The number of hydrogen-bond acceptors (Lipinski definition) is 6. The maximum Gasteiger partial charge on any atom is 0.260 e. The van der Waals surface area contributed by atoms with Gasteiger partial charge in [-0.3, -0.25) is 8.61 Å². The van der Waals surface area contributed by atoms with Gasteiger partial charge in [0.1, 0.15) is 0 Å². The molecule has 10 heteroatoms. The number of aromatic nitrogens is 2. The second-order valence-electron chi connectivity index (χ2n) is 4.81. The Kier molecular flexibility index (Phi) is 4.04. The van der Waals surface area contributed by atoms with Gasteiger partial charge in [-0.05, 0) is 12.8 Å². The third-order valence-electron chi connectivity index (χ3n) is 3.42. The summed E-state index contributed by atoms with van der Waals surface area (Å²) in [6, 6.07) is -0.165. The van der Waals surface area contributed by atoms with E-state index in [1.54, 1.807) is 23.0 Å². The molecule has 7 nitrogen and oxygen atoms in total. The van der Waals surface area contributed by atoms with Gasteiger partial charge in [-0.15, -0.1) is 11.3 Å². The summed E-state index contributed by atoms with van der Waals surface area (Å²) in [5.41, 5.74) is 0. The molecule has 1 aliphatic rings. The first-order valence-corrected chi connectivity index (χ1v) is 10.4. The second-order valence-corrected chi connectivity index (χ2v) is 9.01. The van der Waals surface area contributed by atoms with Crippen LogP contribution in [0.15, 0.2) is 16.6 Å². The fraction of sp³-hybridized carbons (Fsp3) is 0.545. The number of fused-ring (bicyclic) bond motifs is 1. The summed E-state index contributed by atoms with van der Waals surface area (Å²) in [6.07, 6.45) is 2.90. The Balaban J connectivity index is 1.92. The van der Waals surface area contributed by atoms with E-state index >= 15 is 0 Å². The van der Waals surface area contributed by atoms with Crippen molar-refractivity contribution in [3.05, 3.63) is 11.6 Å². The quantitative estimate of drug-likeness (QED) is 0.845. The first-order chi connectivity index (χ1) is 10.0. The standard InChI is InChI=1S/C11H16N4O3S3/c1-12-9-10(15-4-5-19-11(15)13-9)21(17,18)14-8-2-6-20(16)7-3-8/h4-5,8,12,14H,2-3,6-7H2,1H3. The minimum Gasteiger partial charge on any atom is -0.371 e. The van der Waals surface area contributed by atoms with Gasteiger partial charge in [0.2, 0.25) is 0 Å². The van der Waals surface area contributed by atoms with Crippen molar-refractivity contribution in [3.8, 4) is 0 Å². The van der Waals surface area contributed by atoms with Crippen LogP contribution in [0.25, 0.3) is 4.96 Å². The summed E-state index contributed by atoms with van der Waals surface area (Å²) >= 11 is 1.38. The molecule has 0 bridgehead atoms. The third-order valence-corrected chi connectivity index (χ3v) is 7.10. The Labute approximate surface area is 129 Å². The molecule has 0 amide bonds. The zero-order valence-electron chi connectivity index (χ0n) is 11.4. The second kappa shape index (κ2) is 5.67. The Morgan fingerprint density at radius 1 is 1.43 bits per heavy atom. The molecular weight excluding hydrogens is 332 g/mol. The monoisotopic (exact) mass is 348 g/mol. The van der Waals surface area contributed by atoms with Crippen LogP contribution in [0.5, 0.6) is 0 Å². The van der Waals surface area contributed by atoms with Crippen molar-refractivity contribution >= 4 is 42.9 Å². The number of nitrogens with one attached hydrogen (secondary N) is 2. The highest BCUT2D eigenvalue weighted by Crippen LogP contribution is 2.26. The molecule has 0 aromatic carbocycles. The Hall–Kier alpha value is -0.970. The van der Waals surface area contributed by atoms with Gasteiger partial charge in [0, 0.05) is 47.0 Å². The van der Waals surface area contributed by atoms with Crippen molar-refractivity contribution < 1.29 is 12.6 Å². The lowest BCUT2D eigenvalue weighted by molar-refractivity contribution is 0.519. The zero-order chi connectivity index (χ0) is 15.0. The number of imidazole rings is 1. The maximum absolute atomic E-state index is 12.7. The van der Waals surface area contributed by atoms with E-state index < -0.39 is 20.8 Å². The number of thiazole rings is 1. The number of rotatable bonds is 4. The molecule has 3 heterocycles. The Bertz CT molecular complexity index is 770. The van der Waals surface area contributed by atoms with Crippen LogP contribution in [-0.4, -0.2) is 46.6 Å². The fourth-order valence-corrected chi connectivity index (χ4v) is 6.04. The minimum atomic E-state index is -3.68. The summed E-state index contributed by atoms with van der Waals surface area (Å²) in [6.45, 7) is 0. The van der Waals surface area contributed by atoms with Crippen LogP contribution in [0.2, 0.25) is 0 Å². The molecular formula is C11H16N4O3S3. The van der Waals surface area contributed by atoms with Gasteiger partial charge in [0.25, 0.3) is 10.0 Å². The van der Waals surface area contributed by atoms with E-state index in [4.69, 9.17) is 0 Å². The SMILES string of the molecule is CNc1nc2sccn2c1S(=O)(=O)NC1CCS(=O)CC1. The molecule has 2 aromatic rings. The van der Waals surface area contributed by atoms with Crippen LogP contribution < -0.4 is 10.0 Å². The normalized spacial score (nSPS) is 23.5. The summed E-state index contributed by atoms with van der Waals surface area (Å²) < 4.78 is 40.9. The average Bonchev–Trinajstić information content (AvgIpc) is 3.00. The molecule has 0 radical (unpaired) electrons. The van der Waals surface area contributed by atoms with Crippen LogP contribution in [0.1, 0.15) is 12.8 Å². The van der Waals surface area contributed by atoms with Gasteiger partial charge in [-0.25, -0.2) is 18.1 Å². The number of sulfonamides is 1. The van der Waals surface area contributed by atoms with Crippen molar-refractivity contribution in [2.24, 2.45) is 0 Å². The van der Waals surface area contributed by atoms with Crippen molar-refractivity contribution in [2.45, 2.75) is 23.9 Å². The van der Waals surface area contributed by atoms with E-state index in [2.05, 4.69) is 15.0 Å². The molecule has 2 aromatic heterocycles. The van der Waals surface area contributed by atoms with E-state index in [9.17, 15) is 12.6 Å². The van der Waals surface area contributed by atoms with Gasteiger partial charge in [-0.1, -0.05) is 0 Å². The van der Waals surface area contributed by atoms with E-state index in [0.29, 0.717) is 35.1 Å². The fourth-order valence-electron chi connectivity index (χ4n) is 2.37. The third kappa shape index (κ3) is 2.85. The van der Waals surface area contributed by atoms with E-state index in [0.717, 1.165) is 0 Å². The molecule has 0 spiro atoms. The Morgan fingerprint density at radius 3 is 2.81 bits per heavy atom. The van der Waals surface area contributed by atoms with Crippen LogP contribution in [-0.2, 0) is 20.8 Å². The largest absolute Gasteiger partial charge is 0.371 e. The molecule has 3 rings (SSSR count). The number of hydrogen-bond donors (Lipinski definition) is 2. The van der Waals surface area contributed by atoms with Crippen LogP contribution in [0.4, 0.5) is 5.82 Å². The van der Waals surface area contributed by atoms with Crippen LogP contribution in [0, 0.1) is 0 Å². The predicted molar refractivity (Wildman–Crippen MR) is 83.8 cm³/mol. The lowest BCUT2D eigenvalue weighted by Gasteiger charge is -2.22. The molecule has 21 heavy (non-hydrogen) atoms. The highest BCUT2D eigenvalue weighted by Gasteiger charge is 2.29. The first kappa shape index (κ1) is 14.9. The summed E-state index contributed by atoms with van der Waals surface area (Å²) in [4.78, 5) is 4.89. The Morgan fingerprint density at radius 2 is 2.14 bits per heavy atom. The molecule has 0 atom stereocenters. The van der Waals surface area contributed by atoms with Crippen molar-refractivity contribution in [1.82, 2.24) is 14.1 Å². The molecule has 116 valence electrons. The number of anilines is 1. The van der Waals surface area contributed by atoms with Crippen molar-refractivity contribution in [2.75, 3.05) is 23.9 Å². The van der Waals surface area contributed by atoms with Crippen molar-refractivity contribution in [1.29, 1.82) is 0 Å². The van der Waals surface area contributed by atoms with Gasteiger partial charge in [-0.2, -0.15) is 0 Å². The molecule has 2 N–H and O–H groups in total. The summed E-state index contributed by atoms with van der Waals surface area (Å²) in [5, 5.41) is 4.76. The number of nitrogens with zero attached hydrogens (tertiary/aromatic N) is 2. The minimum absolute atomic E-state index is 0.132. The van der Waals surface area contributed by atoms with Gasteiger partial charge in [0.15, 0.2) is 15.8 Å². The molecule has 1 fully saturated rings. The molecule has 0 unspecified atom stereocenters. The highest BCUT2D eigenvalue weighted by molar-refractivity contribution is 7.89.